The van der Waals surface area contributed by atoms with Crippen LogP contribution in [0.15, 0.2) is 24.3 Å². The molecule has 1 heterocycles. The highest BCUT2D eigenvalue weighted by molar-refractivity contribution is 7.11. The predicted molar refractivity (Wildman–Crippen MR) is 85.6 cm³/mol. The van der Waals surface area contributed by atoms with Gasteiger partial charge in [-0.1, -0.05) is 29.8 Å². The normalized spacial score (nSPS) is 11.8. The summed E-state index contributed by atoms with van der Waals surface area (Å²) in [4.78, 5) is 0. The number of rotatable bonds is 5. The van der Waals surface area contributed by atoms with Crippen molar-refractivity contribution >= 4 is 22.9 Å². The van der Waals surface area contributed by atoms with Gasteiger partial charge in [0.05, 0.1) is 0 Å². The van der Waals surface area contributed by atoms with Gasteiger partial charge >= 0.3 is 0 Å². The summed E-state index contributed by atoms with van der Waals surface area (Å²) >= 11 is 7.83. The Morgan fingerprint density at radius 1 is 1.15 bits per heavy atom. The van der Waals surface area contributed by atoms with E-state index in [2.05, 4.69) is 36.3 Å². The zero-order valence-corrected chi connectivity index (χ0v) is 13.7. The summed E-state index contributed by atoms with van der Waals surface area (Å²) < 4.78 is 0. The number of halogens is 1. The SMILES string of the molecule is CC(C)(C)NCCc1nnc(Cc2ccccc2Cl)s1. The van der Waals surface area contributed by atoms with Crippen LogP contribution in [0.3, 0.4) is 0 Å². The van der Waals surface area contributed by atoms with Gasteiger partial charge in [0, 0.05) is 29.9 Å². The first-order valence-electron chi connectivity index (χ1n) is 6.74. The third-order valence-electron chi connectivity index (χ3n) is 2.80. The Labute approximate surface area is 129 Å². The molecule has 0 unspecified atom stereocenters. The molecule has 20 heavy (non-hydrogen) atoms. The Bertz CT molecular complexity index is 560. The second-order valence-corrected chi connectivity index (χ2v) is 7.34. The van der Waals surface area contributed by atoms with E-state index in [0.717, 1.165) is 40.0 Å². The van der Waals surface area contributed by atoms with E-state index in [1.54, 1.807) is 11.3 Å². The maximum atomic E-state index is 6.16. The van der Waals surface area contributed by atoms with Gasteiger partial charge in [-0.2, -0.15) is 0 Å². The van der Waals surface area contributed by atoms with Crippen molar-refractivity contribution in [3.8, 4) is 0 Å². The van der Waals surface area contributed by atoms with Crippen molar-refractivity contribution in [1.29, 1.82) is 0 Å². The van der Waals surface area contributed by atoms with E-state index in [1.807, 2.05) is 24.3 Å². The van der Waals surface area contributed by atoms with Crippen molar-refractivity contribution in [3.05, 3.63) is 44.9 Å². The monoisotopic (exact) mass is 309 g/mol. The summed E-state index contributed by atoms with van der Waals surface area (Å²) in [5.74, 6) is 0. The summed E-state index contributed by atoms with van der Waals surface area (Å²) in [7, 11) is 0. The van der Waals surface area contributed by atoms with Crippen molar-refractivity contribution in [3.63, 3.8) is 0 Å². The van der Waals surface area contributed by atoms with Gasteiger partial charge in [0.25, 0.3) is 0 Å². The Hall–Kier alpha value is -0.970. The summed E-state index contributed by atoms with van der Waals surface area (Å²) in [6.07, 6.45) is 1.67. The maximum absolute atomic E-state index is 6.16. The highest BCUT2D eigenvalue weighted by atomic mass is 35.5. The number of nitrogens with one attached hydrogen (secondary N) is 1. The highest BCUT2D eigenvalue weighted by Gasteiger charge is 2.10. The first-order valence-corrected chi connectivity index (χ1v) is 7.93. The molecule has 0 spiro atoms. The van der Waals surface area contributed by atoms with E-state index in [-0.39, 0.29) is 5.54 Å². The van der Waals surface area contributed by atoms with Crippen LogP contribution in [0.25, 0.3) is 0 Å². The molecule has 0 aliphatic carbocycles. The topological polar surface area (TPSA) is 37.8 Å². The Balaban J connectivity index is 1.91. The van der Waals surface area contributed by atoms with Gasteiger partial charge in [0.2, 0.25) is 0 Å². The molecule has 2 rings (SSSR count). The molecule has 0 aliphatic rings. The lowest BCUT2D eigenvalue weighted by atomic mass is 10.1. The maximum Gasteiger partial charge on any atom is 0.121 e. The van der Waals surface area contributed by atoms with Crippen LogP contribution in [-0.4, -0.2) is 22.3 Å². The van der Waals surface area contributed by atoms with Crippen LogP contribution in [-0.2, 0) is 12.8 Å². The molecule has 1 N–H and O–H groups in total. The lowest BCUT2D eigenvalue weighted by molar-refractivity contribution is 0.429. The second kappa shape index (κ2) is 6.66. The van der Waals surface area contributed by atoms with Crippen LogP contribution < -0.4 is 5.32 Å². The summed E-state index contributed by atoms with van der Waals surface area (Å²) in [6.45, 7) is 7.41. The molecule has 0 saturated heterocycles. The highest BCUT2D eigenvalue weighted by Crippen LogP contribution is 2.21. The van der Waals surface area contributed by atoms with Gasteiger partial charge in [-0.3, -0.25) is 0 Å². The molecule has 1 aromatic heterocycles. The van der Waals surface area contributed by atoms with Crippen LogP contribution in [0.2, 0.25) is 5.02 Å². The van der Waals surface area contributed by atoms with Crippen molar-refractivity contribution < 1.29 is 0 Å². The van der Waals surface area contributed by atoms with Gasteiger partial charge in [-0.05, 0) is 32.4 Å². The van der Waals surface area contributed by atoms with E-state index in [0.29, 0.717) is 0 Å². The Morgan fingerprint density at radius 2 is 1.85 bits per heavy atom. The molecule has 0 aliphatic heterocycles. The standard InChI is InChI=1S/C15H20ClN3S/c1-15(2,3)17-9-8-13-18-19-14(20-13)10-11-6-4-5-7-12(11)16/h4-7,17H,8-10H2,1-3H3. The third-order valence-corrected chi connectivity index (χ3v) is 4.15. The van der Waals surface area contributed by atoms with E-state index in [9.17, 15) is 0 Å². The smallest absolute Gasteiger partial charge is 0.121 e. The van der Waals surface area contributed by atoms with E-state index in [4.69, 9.17) is 11.6 Å². The molecule has 5 heteroatoms. The molecule has 2 aromatic rings. The van der Waals surface area contributed by atoms with Crippen LogP contribution in [0.5, 0.6) is 0 Å². The van der Waals surface area contributed by atoms with Gasteiger partial charge in [-0.15, -0.1) is 21.5 Å². The van der Waals surface area contributed by atoms with Crippen molar-refractivity contribution in [1.82, 2.24) is 15.5 Å². The molecule has 0 fully saturated rings. The number of nitrogens with zero attached hydrogens (tertiary/aromatic N) is 2. The van der Waals surface area contributed by atoms with Gasteiger partial charge in [-0.25, -0.2) is 0 Å². The molecule has 108 valence electrons. The largest absolute Gasteiger partial charge is 0.312 e. The van der Waals surface area contributed by atoms with Crippen molar-refractivity contribution in [2.45, 2.75) is 39.2 Å². The van der Waals surface area contributed by atoms with Crippen LogP contribution in [0.1, 0.15) is 36.3 Å². The lowest BCUT2D eigenvalue weighted by Gasteiger charge is -2.19. The minimum Gasteiger partial charge on any atom is -0.312 e. The molecule has 3 nitrogen and oxygen atoms in total. The van der Waals surface area contributed by atoms with Gasteiger partial charge in [0.1, 0.15) is 10.0 Å². The first kappa shape index (κ1) is 15.4. The molecule has 0 radical (unpaired) electrons. The van der Waals surface area contributed by atoms with Crippen molar-refractivity contribution in [2.75, 3.05) is 6.54 Å². The van der Waals surface area contributed by atoms with Gasteiger partial charge in [0.15, 0.2) is 0 Å². The lowest BCUT2D eigenvalue weighted by Crippen LogP contribution is -2.37. The number of aromatic nitrogens is 2. The van der Waals surface area contributed by atoms with Crippen LogP contribution >= 0.6 is 22.9 Å². The molecule has 1 aromatic carbocycles. The van der Waals surface area contributed by atoms with E-state index in [1.165, 1.54) is 0 Å². The molecule has 0 bridgehead atoms. The fourth-order valence-corrected chi connectivity index (χ4v) is 2.88. The van der Waals surface area contributed by atoms with E-state index >= 15 is 0 Å². The molecule has 0 atom stereocenters. The van der Waals surface area contributed by atoms with Crippen LogP contribution in [0, 0.1) is 0 Å². The predicted octanol–water partition coefficient (Wildman–Crippen LogP) is 3.71. The quantitative estimate of drug-likeness (QED) is 0.915. The number of hydrogen-bond acceptors (Lipinski definition) is 4. The fourth-order valence-electron chi connectivity index (χ4n) is 1.81. The summed E-state index contributed by atoms with van der Waals surface area (Å²) in [5.41, 5.74) is 1.25. The van der Waals surface area contributed by atoms with Crippen LogP contribution in [0.4, 0.5) is 0 Å². The molecular weight excluding hydrogens is 290 g/mol. The third kappa shape index (κ3) is 4.85. The Kier molecular flexibility index (Phi) is 5.13. The zero-order valence-electron chi connectivity index (χ0n) is 12.1. The number of hydrogen-bond donors (Lipinski definition) is 1. The summed E-state index contributed by atoms with van der Waals surface area (Å²) in [5, 5.41) is 14.8. The van der Waals surface area contributed by atoms with E-state index < -0.39 is 0 Å². The average molecular weight is 310 g/mol. The minimum absolute atomic E-state index is 0.144. The molecular formula is C15H20ClN3S. The second-order valence-electron chi connectivity index (χ2n) is 5.78. The minimum atomic E-state index is 0.144. The first-order chi connectivity index (χ1) is 9.44. The fraction of sp³-hybridized carbons (Fsp3) is 0.467. The van der Waals surface area contributed by atoms with Gasteiger partial charge < -0.3 is 5.32 Å². The average Bonchev–Trinajstić information content (AvgIpc) is 2.78. The molecule has 0 saturated carbocycles. The Morgan fingerprint density at radius 3 is 2.55 bits per heavy atom. The summed E-state index contributed by atoms with van der Waals surface area (Å²) in [6, 6.07) is 7.88. The number of benzene rings is 1. The van der Waals surface area contributed by atoms with Crippen molar-refractivity contribution in [2.24, 2.45) is 0 Å². The zero-order chi connectivity index (χ0) is 14.6. The molecule has 0 amide bonds.